The molecule has 0 atom stereocenters. The lowest BCUT2D eigenvalue weighted by Crippen LogP contribution is -2.01. The van der Waals surface area contributed by atoms with E-state index >= 15 is 0 Å². The Bertz CT molecular complexity index is 995. The van der Waals surface area contributed by atoms with Crippen molar-refractivity contribution >= 4 is 6.21 Å². The van der Waals surface area contributed by atoms with Gasteiger partial charge in [0.2, 0.25) is 0 Å². The van der Waals surface area contributed by atoms with Crippen molar-refractivity contribution < 1.29 is 5.11 Å². The predicted molar refractivity (Wildman–Crippen MR) is 96.9 cm³/mol. The largest absolute Gasteiger partial charge is 0.508 e. The van der Waals surface area contributed by atoms with Crippen LogP contribution >= 0.6 is 0 Å². The highest BCUT2D eigenvalue weighted by molar-refractivity contribution is 5.80. The third-order valence-electron chi connectivity index (χ3n) is 4.38. The van der Waals surface area contributed by atoms with Gasteiger partial charge < -0.3 is 5.11 Å². The summed E-state index contributed by atoms with van der Waals surface area (Å²) in [5.41, 5.74) is 7.24. The number of hydrogen-bond acceptors (Lipinski definition) is 5. The third kappa shape index (κ3) is 3.01. The van der Waals surface area contributed by atoms with Gasteiger partial charge in [-0.1, -0.05) is 17.7 Å². The van der Waals surface area contributed by atoms with E-state index in [1.54, 1.807) is 12.3 Å². The van der Waals surface area contributed by atoms with Crippen LogP contribution in [0, 0.1) is 13.8 Å². The van der Waals surface area contributed by atoms with Crippen molar-refractivity contribution in [2.45, 2.75) is 26.8 Å². The number of hydrogen-bond donors (Lipinski definition) is 1. The quantitative estimate of drug-likeness (QED) is 0.585. The van der Waals surface area contributed by atoms with Gasteiger partial charge >= 0.3 is 0 Å². The van der Waals surface area contributed by atoms with E-state index < -0.39 is 0 Å². The Hall–Kier alpha value is -3.08. The molecule has 1 aliphatic rings. The first-order chi connectivity index (χ1) is 12.1. The molecule has 1 aliphatic carbocycles. The van der Waals surface area contributed by atoms with Crippen LogP contribution in [0.3, 0.4) is 0 Å². The molecule has 124 valence electrons. The van der Waals surface area contributed by atoms with Crippen LogP contribution in [0.25, 0.3) is 11.3 Å². The fraction of sp³-hybridized carbons (Fsp3) is 0.200. The van der Waals surface area contributed by atoms with Crippen molar-refractivity contribution in [1.82, 2.24) is 15.2 Å². The third-order valence-corrected chi connectivity index (χ3v) is 4.38. The lowest BCUT2D eigenvalue weighted by Gasteiger charge is -2.01. The number of nitrogens with zero attached hydrogens (tertiary/aromatic N) is 4. The number of aromatic hydroxyl groups is 1. The molecular weight excluding hydrogens is 312 g/mol. The minimum absolute atomic E-state index is 0.290. The molecule has 4 rings (SSSR count). The molecular formula is C20H18N4O. The number of phenolic OH excluding ortho intramolecular Hbond substituents is 1. The van der Waals surface area contributed by atoms with E-state index in [9.17, 15) is 5.11 Å². The zero-order valence-electron chi connectivity index (χ0n) is 14.2. The summed E-state index contributed by atoms with van der Waals surface area (Å²) < 4.78 is 0. The minimum Gasteiger partial charge on any atom is -0.508 e. The van der Waals surface area contributed by atoms with Crippen molar-refractivity contribution in [3.05, 3.63) is 70.2 Å². The number of rotatable bonds is 3. The highest BCUT2D eigenvalue weighted by Gasteiger charge is 2.22. The normalized spacial score (nSPS) is 12.4. The van der Waals surface area contributed by atoms with Crippen molar-refractivity contribution in [1.29, 1.82) is 0 Å². The van der Waals surface area contributed by atoms with E-state index in [0.29, 0.717) is 12.4 Å². The Kier molecular flexibility index (Phi) is 3.76. The molecule has 25 heavy (non-hydrogen) atoms. The van der Waals surface area contributed by atoms with Gasteiger partial charge in [-0.2, -0.15) is 0 Å². The lowest BCUT2D eigenvalue weighted by atomic mass is 10.1. The number of phenols is 1. The molecule has 1 aromatic heterocycles. The number of aryl methyl sites for hydroxylation is 2. The molecule has 1 heterocycles. The highest BCUT2D eigenvalue weighted by atomic mass is 16.3. The van der Waals surface area contributed by atoms with Crippen LogP contribution in [0.5, 0.6) is 5.75 Å². The van der Waals surface area contributed by atoms with Gasteiger partial charge in [0, 0.05) is 18.2 Å². The number of fused-ring (bicyclic) bond motifs is 3. The summed E-state index contributed by atoms with van der Waals surface area (Å²) in [6, 6.07) is 11.8. The lowest BCUT2D eigenvalue weighted by molar-refractivity contribution is 0.471. The molecule has 5 heteroatoms. The van der Waals surface area contributed by atoms with Crippen LogP contribution in [0.1, 0.15) is 33.8 Å². The first-order valence-corrected chi connectivity index (χ1v) is 8.22. The van der Waals surface area contributed by atoms with Gasteiger partial charge in [0.25, 0.3) is 0 Å². The smallest absolute Gasteiger partial charge is 0.172 e. The monoisotopic (exact) mass is 330 g/mol. The second-order valence-electron chi connectivity index (χ2n) is 6.38. The van der Waals surface area contributed by atoms with E-state index in [4.69, 9.17) is 0 Å². The zero-order valence-corrected chi connectivity index (χ0v) is 14.2. The second-order valence-corrected chi connectivity index (χ2v) is 6.38. The van der Waals surface area contributed by atoms with Gasteiger partial charge in [-0.3, -0.25) is 4.99 Å². The highest BCUT2D eigenvalue weighted by Crippen LogP contribution is 2.33. The predicted octanol–water partition coefficient (Wildman–Crippen LogP) is 3.38. The molecule has 0 saturated heterocycles. The van der Waals surface area contributed by atoms with Gasteiger partial charge in [0.1, 0.15) is 18.0 Å². The number of aromatic nitrogens is 3. The fourth-order valence-electron chi connectivity index (χ4n) is 3.03. The molecule has 0 amide bonds. The fourth-order valence-corrected chi connectivity index (χ4v) is 3.03. The molecule has 0 saturated carbocycles. The van der Waals surface area contributed by atoms with Crippen LogP contribution < -0.4 is 0 Å². The van der Waals surface area contributed by atoms with Gasteiger partial charge in [0.05, 0.1) is 5.69 Å². The zero-order chi connectivity index (χ0) is 17.4. The van der Waals surface area contributed by atoms with Gasteiger partial charge in [-0.05, 0) is 54.8 Å². The second kappa shape index (κ2) is 6.09. The molecule has 1 N–H and O–H groups in total. The molecule has 3 aromatic rings. The van der Waals surface area contributed by atoms with Crippen LogP contribution in [0.2, 0.25) is 0 Å². The molecule has 0 radical (unpaired) electrons. The van der Waals surface area contributed by atoms with Gasteiger partial charge in [-0.25, -0.2) is 4.98 Å². The maximum absolute atomic E-state index is 9.56. The summed E-state index contributed by atoms with van der Waals surface area (Å²) in [6.45, 7) is 4.32. The SMILES string of the molecule is Cc1ccc2c(c1)-c1nnc(CN=Cc3ccc(O)c(C)c3)nc1C2. The van der Waals surface area contributed by atoms with Crippen LogP contribution in [-0.4, -0.2) is 26.5 Å². The Balaban J connectivity index is 1.52. The van der Waals surface area contributed by atoms with E-state index in [2.05, 4.69) is 45.3 Å². The van der Waals surface area contributed by atoms with Crippen molar-refractivity contribution in [3.63, 3.8) is 0 Å². The summed E-state index contributed by atoms with van der Waals surface area (Å²) in [5.74, 6) is 0.910. The molecule has 0 spiro atoms. The standard InChI is InChI=1S/C20H18N4O/c1-12-3-5-15-9-17-20(16(15)7-12)24-23-19(22-17)11-21-10-14-4-6-18(25)13(2)8-14/h3-8,10,25H,9,11H2,1-2H3. The van der Waals surface area contributed by atoms with E-state index in [-0.39, 0.29) is 5.75 Å². The maximum Gasteiger partial charge on any atom is 0.172 e. The van der Waals surface area contributed by atoms with Gasteiger partial charge in [0.15, 0.2) is 5.82 Å². The summed E-state index contributed by atoms with van der Waals surface area (Å²) in [7, 11) is 0. The van der Waals surface area contributed by atoms with Crippen LogP contribution in [0.4, 0.5) is 0 Å². The average molecular weight is 330 g/mol. The van der Waals surface area contributed by atoms with E-state index in [1.165, 1.54) is 11.1 Å². The van der Waals surface area contributed by atoms with Crippen molar-refractivity contribution in [2.75, 3.05) is 0 Å². The van der Waals surface area contributed by atoms with Crippen LogP contribution in [-0.2, 0) is 13.0 Å². The average Bonchev–Trinajstić information content (AvgIpc) is 2.95. The molecule has 0 bridgehead atoms. The van der Waals surface area contributed by atoms with Gasteiger partial charge in [-0.15, -0.1) is 10.2 Å². The molecule has 0 fully saturated rings. The first kappa shape index (κ1) is 15.4. The van der Waals surface area contributed by atoms with Crippen molar-refractivity contribution in [3.8, 4) is 17.0 Å². The summed E-state index contributed by atoms with van der Waals surface area (Å²) in [5, 5.41) is 18.2. The molecule has 0 unspecified atom stereocenters. The summed E-state index contributed by atoms with van der Waals surface area (Å²) in [6.07, 6.45) is 2.56. The number of aliphatic imine (C=N–C) groups is 1. The Morgan fingerprint density at radius 2 is 2.00 bits per heavy atom. The summed E-state index contributed by atoms with van der Waals surface area (Å²) >= 11 is 0. The Labute approximate surface area is 146 Å². The van der Waals surface area contributed by atoms with Crippen LogP contribution in [0.15, 0.2) is 41.4 Å². The number of benzene rings is 2. The molecule has 5 nitrogen and oxygen atoms in total. The molecule has 0 aliphatic heterocycles. The van der Waals surface area contributed by atoms with E-state index in [0.717, 1.165) is 34.5 Å². The maximum atomic E-state index is 9.56. The molecule has 2 aromatic carbocycles. The topological polar surface area (TPSA) is 71.3 Å². The Morgan fingerprint density at radius 1 is 1.12 bits per heavy atom. The van der Waals surface area contributed by atoms with E-state index in [1.807, 2.05) is 19.1 Å². The minimum atomic E-state index is 0.290. The summed E-state index contributed by atoms with van der Waals surface area (Å²) in [4.78, 5) is 9.03. The Morgan fingerprint density at radius 3 is 2.84 bits per heavy atom. The first-order valence-electron chi connectivity index (χ1n) is 8.22. The van der Waals surface area contributed by atoms with Crippen molar-refractivity contribution in [2.24, 2.45) is 4.99 Å².